The molecule has 0 aliphatic carbocycles. The Labute approximate surface area is 118 Å². The molecule has 0 N–H and O–H groups in total. The number of carbonyl (C=O) groups excluding carboxylic acids is 1. The van der Waals surface area contributed by atoms with Gasteiger partial charge in [0.15, 0.2) is 5.78 Å². The van der Waals surface area contributed by atoms with Gasteiger partial charge in [0, 0.05) is 23.4 Å². The maximum absolute atomic E-state index is 11.4. The first kappa shape index (κ1) is 13.8. The van der Waals surface area contributed by atoms with Crippen LogP contribution in [-0.4, -0.2) is 15.6 Å². The first-order valence-electron chi connectivity index (χ1n) is 6.30. The number of carbonyl (C=O) groups is 1. The summed E-state index contributed by atoms with van der Waals surface area (Å²) in [6, 6.07) is 5.55. The molecule has 19 heavy (non-hydrogen) atoms. The lowest BCUT2D eigenvalue weighted by Crippen LogP contribution is -1.98. The topological polar surface area (TPSA) is 34.9 Å². The van der Waals surface area contributed by atoms with E-state index in [1.807, 2.05) is 30.7 Å². The highest BCUT2D eigenvalue weighted by molar-refractivity contribution is 6.34. The van der Waals surface area contributed by atoms with Gasteiger partial charge in [-0.05, 0) is 45.4 Å². The van der Waals surface area contributed by atoms with Crippen LogP contribution >= 0.6 is 11.6 Å². The molecule has 0 amide bonds. The smallest absolute Gasteiger partial charge is 0.161 e. The molecule has 0 spiro atoms. The predicted molar refractivity (Wildman–Crippen MR) is 77.8 cm³/mol. The summed E-state index contributed by atoms with van der Waals surface area (Å²) in [7, 11) is 0. The van der Waals surface area contributed by atoms with Crippen LogP contribution in [0.1, 0.15) is 35.6 Å². The van der Waals surface area contributed by atoms with Crippen LogP contribution in [0, 0.1) is 13.8 Å². The maximum Gasteiger partial charge on any atom is 0.161 e. The lowest BCUT2D eigenvalue weighted by molar-refractivity contribution is 0.101. The third-order valence-corrected chi connectivity index (χ3v) is 3.63. The van der Waals surface area contributed by atoms with Gasteiger partial charge in [-0.2, -0.15) is 5.10 Å². The largest absolute Gasteiger partial charge is 0.294 e. The molecule has 100 valence electrons. The van der Waals surface area contributed by atoms with E-state index >= 15 is 0 Å². The van der Waals surface area contributed by atoms with Crippen LogP contribution in [0.4, 0.5) is 0 Å². The number of ketones is 1. The molecule has 0 fully saturated rings. The number of aryl methyl sites for hydroxylation is 2. The Hall–Kier alpha value is -1.61. The molecule has 4 heteroatoms. The van der Waals surface area contributed by atoms with Crippen molar-refractivity contribution in [3.05, 3.63) is 40.2 Å². The van der Waals surface area contributed by atoms with Crippen molar-refractivity contribution in [3.8, 4) is 11.1 Å². The zero-order chi connectivity index (χ0) is 14.2. The van der Waals surface area contributed by atoms with E-state index in [2.05, 4.69) is 12.0 Å². The SMILES string of the molecule is CCn1nc(C)c(-c2ccc(C(C)=O)c(Cl)c2)c1C. The molecule has 2 aromatic rings. The highest BCUT2D eigenvalue weighted by atomic mass is 35.5. The number of nitrogens with zero attached hydrogens (tertiary/aromatic N) is 2. The zero-order valence-corrected chi connectivity index (χ0v) is 12.4. The summed E-state index contributed by atoms with van der Waals surface area (Å²) in [5, 5.41) is 4.99. The number of Topliss-reactive ketones (excluding diaryl/α,β-unsaturated/α-hetero) is 1. The highest BCUT2D eigenvalue weighted by Crippen LogP contribution is 2.30. The first-order valence-corrected chi connectivity index (χ1v) is 6.68. The van der Waals surface area contributed by atoms with E-state index in [1.165, 1.54) is 6.92 Å². The Kier molecular flexibility index (Phi) is 3.76. The van der Waals surface area contributed by atoms with Gasteiger partial charge < -0.3 is 0 Å². The Morgan fingerprint density at radius 1 is 1.37 bits per heavy atom. The van der Waals surface area contributed by atoms with E-state index in [0.717, 1.165) is 29.1 Å². The number of hydrogen-bond acceptors (Lipinski definition) is 2. The van der Waals surface area contributed by atoms with Crippen molar-refractivity contribution in [2.24, 2.45) is 0 Å². The van der Waals surface area contributed by atoms with Crippen molar-refractivity contribution in [2.45, 2.75) is 34.2 Å². The lowest BCUT2D eigenvalue weighted by Gasteiger charge is -2.06. The quantitative estimate of drug-likeness (QED) is 0.793. The Balaban J connectivity index is 2.57. The monoisotopic (exact) mass is 276 g/mol. The van der Waals surface area contributed by atoms with Crippen LogP contribution in [0.3, 0.4) is 0 Å². The van der Waals surface area contributed by atoms with E-state index < -0.39 is 0 Å². The fourth-order valence-electron chi connectivity index (χ4n) is 2.38. The molecule has 0 radical (unpaired) electrons. The van der Waals surface area contributed by atoms with Crippen LogP contribution in [0.2, 0.25) is 5.02 Å². The number of aromatic nitrogens is 2. The summed E-state index contributed by atoms with van der Waals surface area (Å²) in [4.78, 5) is 11.4. The molecule has 0 aliphatic rings. The van der Waals surface area contributed by atoms with Crippen molar-refractivity contribution in [2.75, 3.05) is 0 Å². The number of benzene rings is 1. The predicted octanol–water partition coefficient (Wildman–Crippen LogP) is 4.04. The highest BCUT2D eigenvalue weighted by Gasteiger charge is 2.14. The summed E-state index contributed by atoms with van der Waals surface area (Å²) >= 11 is 6.17. The number of hydrogen-bond donors (Lipinski definition) is 0. The molecule has 0 saturated carbocycles. The van der Waals surface area contributed by atoms with Gasteiger partial charge in [0.2, 0.25) is 0 Å². The Morgan fingerprint density at radius 2 is 2.05 bits per heavy atom. The second-order valence-electron chi connectivity index (χ2n) is 4.61. The molecule has 0 aliphatic heterocycles. The minimum absolute atomic E-state index is 0.0192. The zero-order valence-electron chi connectivity index (χ0n) is 11.6. The fourth-order valence-corrected chi connectivity index (χ4v) is 2.69. The Bertz CT molecular complexity index is 644. The molecular weight excluding hydrogens is 260 g/mol. The minimum atomic E-state index is -0.0192. The molecule has 1 aromatic carbocycles. The molecule has 1 aromatic heterocycles. The molecule has 1 heterocycles. The summed E-state index contributed by atoms with van der Waals surface area (Å²) in [6.07, 6.45) is 0. The van der Waals surface area contributed by atoms with E-state index in [1.54, 1.807) is 6.07 Å². The first-order chi connectivity index (χ1) is 8.95. The van der Waals surface area contributed by atoms with Gasteiger partial charge >= 0.3 is 0 Å². The average Bonchev–Trinajstić information content (AvgIpc) is 2.63. The molecule has 0 unspecified atom stereocenters. The van der Waals surface area contributed by atoms with Crippen LogP contribution in [0.15, 0.2) is 18.2 Å². The van der Waals surface area contributed by atoms with Gasteiger partial charge in [0.1, 0.15) is 0 Å². The van der Waals surface area contributed by atoms with Gasteiger partial charge in [-0.3, -0.25) is 9.48 Å². The van der Waals surface area contributed by atoms with Crippen molar-refractivity contribution >= 4 is 17.4 Å². The van der Waals surface area contributed by atoms with Gasteiger partial charge in [-0.15, -0.1) is 0 Å². The van der Waals surface area contributed by atoms with Crippen LogP contribution in [-0.2, 0) is 6.54 Å². The molecular formula is C15H17ClN2O. The van der Waals surface area contributed by atoms with Gasteiger partial charge in [0.25, 0.3) is 0 Å². The molecule has 2 rings (SSSR count). The van der Waals surface area contributed by atoms with Crippen LogP contribution < -0.4 is 0 Å². The third-order valence-electron chi connectivity index (χ3n) is 3.32. The van der Waals surface area contributed by atoms with E-state index in [0.29, 0.717) is 10.6 Å². The summed E-state index contributed by atoms with van der Waals surface area (Å²) < 4.78 is 1.97. The molecule has 3 nitrogen and oxygen atoms in total. The maximum atomic E-state index is 11.4. The normalized spacial score (nSPS) is 10.8. The summed E-state index contributed by atoms with van der Waals surface area (Å²) in [6.45, 7) is 8.46. The van der Waals surface area contributed by atoms with Gasteiger partial charge in [-0.1, -0.05) is 17.7 Å². The van der Waals surface area contributed by atoms with Crippen LogP contribution in [0.5, 0.6) is 0 Å². The summed E-state index contributed by atoms with van der Waals surface area (Å²) in [5.41, 5.74) is 4.75. The standard InChI is InChI=1S/C15H17ClN2O/c1-5-18-10(3)15(9(2)17-18)12-6-7-13(11(4)19)14(16)8-12/h6-8H,5H2,1-4H3. The van der Waals surface area contributed by atoms with E-state index in [9.17, 15) is 4.79 Å². The van der Waals surface area contributed by atoms with Crippen LogP contribution in [0.25, 0.3) is 11.1 Å². The Morgan fingerprint density at radius 3 is 2.53 bits per heavy atom. The second kappa shape index (κ2) is 5.17. The fraction of sp³-hybridized carbons (Fsp3) is 0.333. The van der Waals surface area contributed by atoms with Crippen molar-refractivity contribution < 1.29 is 4.79 Å². The van der Waals surface area contributed by atoms with Gasteiger partial charge in [0.05, 0.1) is 10.7 Å². The molecule has 0 bridgehead atoms. The second-order valence-corrected chi connectivity index (χ2v) is 5.02. The van der Waals surface area contributed by atoms with Crippen molar-refractivity contribution in [3.63, 3.8) is 0 Å². The third kappa shape index (κ3) is 2.43. The average molecular weight is 277 g/mol. The number of halogens is 1. The van der Waals surface area contributed by atoms with Crippen molar-refractivity contribution in [1.82, 2.24) is 9.78 Å². The van der Waals surface area contributed by atoms with Crippen molar-refractivity contribution in [1.29, 1.82) is 0 Å². The van der Waals surface area contributed by atoms with E-state index in [-0.39, 0.29) is 5.78 Å². The summed E-state index contributed by atoms with van der Waals surface area (Å²) in [5.74, 6) is -0.0192. The number of rotatable bonds is 3. The lowest BCUT2D eigenvalue weighted by atomic mass is 10.0. The van der Waals surface area contributed by atoms with E-state index in [4.69, 9.17) is 11.6 Å². The molecule has 0 atom stereocenters. The molecule has 0 saturated heterocycles. The minimum Gasteiger partial charge on any atom is -0.294 e. The van der Waals surface area contributed by atoms with Gasteiger partial charge in [-0.25, -0.2) is 0 Å².